The summed E-state index contributed by atoms with van der Waals surface area (Å²) in [4.78, 5) is 0. The maximum atomic E-state index is 7.26. The molecule has 1 fully saturated rings. The second kappa shape index (κ2) is 8.56. The van der Waals surface area contributed by atoms with Crippen molar-refractivity contribution in [1.82, 2.24) is 0 Å². The van der Waals surface area contributed by atoms with E-state index in [-0.39, 0.29) is 17.2 Å². The summed E-state index contributed by atoms with van der Waals surface area (Å²) < 4.78 is 19.3. The molecule has 2 aromatic carbocycles. The third-order valence-electron chi connectivity index (χ3n) is 5.59. The lowest BCUT2D eigenvalue weighted by molar-refractivity contribution is -0.149. The van der Waals surface area contributed by atoms with Gasteiger partial charge in [0.15, 0.2) is 5.79 Å². The zero-order valence-corrected chi connectivity index (χ0v) is 19.4. The van der Waals surface area contributed by atoms with Crippen molar-refractivity contribution in [3.8, 4) is 0 Å². The van der Waals surface area contributed by atoms with Crippen molar-refractivity contribution in [1.29, 1.82) is 0 Å². The third kappa shape index (κ3) is 4.56. The minimum atomic E-state index is -2.65. The molecule has 0 spiro atoms. The predicted octanol–water partition coefficient (Wildman–Crippen LogP) is 4.66. The molecule has 0 aromatic heterocycles. The van der Waals surface area contributed by atoms with Crippen LogP contribution in [0.5, 0.6) is 0 Å². The van der Waals surface area contributed by atoms with Gasteiger partial charge in [0.2, 0.25) is 0 Å². The van der Waals surface area contributed by atoms with E-state index in [9.17, 15) is 0 Å². The quantitative estimate of drug-likeness (QED) is 0.491. The fourth-order valence-corrected chi connectivity index (χ4v) is 8.97. The molecule has 1 aliphatic heterocycles. The minimum absolute atomic E-state index is 0.0793. The van der Waals surface area contributed by atoms with Crippen LogP contribution in [0.25, 0.3) is 0 Å². The predicted molar refractivity (Wildman–Crippen MR) is 122 cm³/mol. The molecule has 1 heterocycles. The molecular formula is C25H34O3Si. The van der Waals surface area contributed by atoms with Gasteiger partial charge in [0.1, 0.15) is 6.10 Å². The fraction of sp³-hybridized carbons (Fsp3) is 0.440. The van der Waals surface area contributed by atoms with E-state index >= 15 is 0 Å². The Morgan fingerprint density at radius 1 is 1.07 bits per heavy atom. The van der Waals surface area contributed by atoms with Crippen LogP contribution in [0.1, 0.15) is 41.0 Å². The minimum Gasteiger partial charge on any atom is -0.401 e. The van der Waals surface area contributed by atoms with Gasteiger partial charge in [-0.1, -0.05) is 87.5 Å². The highest BCUT2D eigenvalue weighted by Gasteiger charge is 2.53. The molecule has 156 valence electrons. The van der Waals surface area contributed by atoms with E-state index in [4.69, 9.17) is 13.9 Å². The maximum Gasteiger partial charge on any atom is 0.261 e. The Morgan fingerprint density at radius 3 is 1.97 bits per heavy atom. The molecule has 1 aliphatic rings. The van der Waals surface area contributed by atoms with Crippen LogP contribution in [0.15, 0.2) is 73.3 Å². The summed E-state index contributed by atoms with van der Waals surface area (Å²) in [5, 5.41) is 2.46. The lowest BCUT2D eigenvalue weighted by Gasteiger charge is -2.46. The monoisotopic (exact) mass is 410 g/mol. The average molecular weight is 411 g/mol. The van der Waals surface area contributed by atoms with Gasteiger partial charge in [-0.15, -0.1) is 6.58 Å². The molecule has 1 saturated heterocycles. The van der Waals surface area contributed by atoms with Gasteiger partial charge in [-0.2, -0.15) is 0 Å². The summed E-state index contributed by atoms with van der Waals surface area (Å²) in [6, 6.07) is 21.4. The van der Waals surface area contributed by atoms with Crippen LogP contribution in [-0.4, -0.2) is 32.9 Å². The summed E-state index contributed by atoms with van der Waals surface area (Å²) in [6.07, 6.45) is 2.40. The normalized spacial score (nSPS) is 20.4. The molecule has 0 unspecified atom stereocenters. The van der Waals surface area contributed by atoms with Crippen LogP contribution in [0.2, 0.25) is 5.04 Å². The molecule has 3 nitrogen and oxygen atoms in total. The van der Waals surface area contributed by atoms with Crippen molar-refractivity contribution in [2.24, 2.45) is 0 Å². The van der Waals surface area contributed by atoms with E-state index in [0.717, 1.165) is 0 Å². The van der Waals surface area contributed by atoms with Crippen LogP contribution >= 0.6 is 0 Å². The van der Waals surface area contributed by atoms with Crippen molar-refractivity contribution in [3.05, 3.63) is 73.3 Å². The Hall–Kier alpha value is -1.72. The maximum absolute atomic E-state index is 7.26. The zero-order chi connectivity index (χ0) is 21.1. The first-order chi connectivity index (χ1) is 13.7. The number of hydrogen-bond donors (Lipinski definition) is 0. The highest BCUT2D eigenvalue weighted by molar-refractivity contribution is 6.99. The van der Waals surface area contributed by atoms with Crippen molar-refractivity contribution >= 4 is 18.7 Å². The molecule has 2 atom stereocenters. The largest absolute Gasteiger partial charge is 0.401 e. The summed E-state index contributed by atoms with van der Waals surface area (Å²) in [5.74, 6) is -0.584. The van der Waals surface area contributed by atoms with Gasteiger partial charge < -0.3 is 13.9 Å². The molecule has 0 radical (unpaired) electrons. The summed E-state index contributed by atoms with van der Waals surface area (Å²) in [5.41, 5.74) is 0. The molecule has 0 bridgehead atoms. The van der Waals surface area contributed by atoms with Crippen LogP contribution in [-0.2, 0) is 13.9 Å². The SMILES string of the molecule is C=CC[C@@H](O[Si](c1ccccc1)(c1ccccc1)C(C)(C)C)[C@H]1COC(C)(C)O1. The van der Waals surface area contributed by atoms with E-state index in [2.05, 4.69) is 88.0 Å². The van der Waals surface area contributed by atoms with E-state index in [1.165, 1.54) is 10.4 Å². The van der Waals surface area contributed by atoms with Gasteiger partial charge in [0, 0.05) is 0 Å². The van der Waals surface area contributed by atoms with Gasteiger partial charge >= 0.3 is 0 Å². The van der Waals surface area contributed by atoms with Crippen molar-refractivity contribution in [2.45, 2.75) is 64.1 Å². The smallest absolute Gasteiger partial charge is 0.261 e. The molecular weight excluding hydrogens is 376 g/mol. The Balaban J connectivity index is 2.12. The van der Waals surface area contributed by atoms with E-state index in [1.54, 1.807) is 0 Å². The lowest BCUT2D eigenvalue weighted by atomic mass is 10.1. The molecule has 0 aliphatic carbocycles. The zero-order valence-electron chi connectivity index (χ0n) is 18.4. The molecule has 0 saturated carbocycles. The van der Waals surface area contributed by atoms with Crippen LogP contribution in [0.4, 0.5) is 0 Å². The first-order valence-electron chi connectivity index (χ1n) is 10.4. The third-order valence-corrected chi connectivity index (χ3v) is 10.7. The molecule has 3 rings (SSSR count). The highest BCUT2D eigenvalue weighted by atomic mass is 28.4. The first-order valence-corrected chi connectivity index (χ1v) is 12.3. The molecule has 0 amide bonds. The van der Waals surface area contributed by atoms with Gasteiger partial charge in [0.05, 0.1) is 12.7 Å². The standard InChI is InChI=1S/C25H34O3Si/c1-7-14-22(23-19-26-25(5,6)27-23)28-29(24(2,3)4,20-15-10-8-11-16-20)21-17-12-9-13-18-21/h7-13,15-18,22-23H,1,14,19H2,2-6H3/t22-,23-/m1/s1. The average Bonchev–Trinajstić information content (AvgIpc) is 3.05. The van der Waals surface area contributed by atoms with E-state index in [1.807, 2.05) is 19.9 Å². The number of hydrogen-bond acceptors (Lipinski definition) is 3. The molecule has 2 aromatic rings. The van der Waals surface area contributed by atoms with Crippen LogP contribution < -0.4 is 10.4 Å². The van der Waals surface area contributed by atoms with Crippen LogP contribution in [0, 0.1) is 0 Å². The van der Waals surface area contributed by atoms with Gasteiger partial charge in [-0.25, -0.2) is 0 Å². The van der Waals surface area contributed by atoms with Gasteiger partial charge in [0.25, 0.3) is 8.32 Å². The van der Waals surface area contributed by atoms with Crippen molar-refractivity contribution < 1.29 is 13.9 Å². The van der Waals surface area contributed by atoms with Crippen LogP contribution in [0.3, 0.4) is 0 Å². The number of benzene rings is 2. The number of ether oxygens (including phenoxy) is 2. The first kappa shape index (κ1) is 22.0. The molecule has 0 N–H and O–H groups in total. The Bertz CT molecular complexity index is 756. The summed E-state index contributed by atoms with van der Waals surface area (Å²) in [7, 11) is -2.65. The summed E-state index contributed by atoms with van der Waals surface area (Å²) >= 11 is 0. The van der Waals surface area contributed by atoms with Crippen molar-refractivity contribution in [2.75, 3.05) is 6.61 Å². The topological polar surface area (TPSA) is 27.7 Å². The molecule has 4 heteroatoms. The van der Waals surface area contributed by atoms with E-state index < -0.39 is 14.1 Å². The van der Waals surface area contributed by atoms with Gasteiger partial charge in [-0.3, -0.25) is 0 Å². The second-order valence-electron chi connectivity index (χ2n) is 9.21. The fourth-order valence-electron chi connectivity index (χ4n) is 4.26. The summed E-state index contributed by atoms with van der Waals surface area (Å²) in [6.45, 7) is 15.3. The second-order valence-corrected chi connectivity index (χ2v) is 13.5. The Kier molecular flexibility index (Phi) is 6.49. The Morgan fingerprint density at radius 2 is 1.59 bits per heavy atom. The number of rotatable bonds is 7. The molecule has 29 heavy (non-hydrogen) atoms. The highest BCUT2D eigenvalue weighted by Crippen LogP contribution is 2.39. The van der Waals surface area contributed by atoms with E-state index in [0.29, 0.717) is 13.0 Å². The van der Waals surface area contributed by atoms with Crippen molar-refractivity contribution in [3.63, 3.8) is 0 Å². The Labute approximate surface area is 176 Å². The lowest BCUT2D eigenvalue weighted by Crippen LogP contribution is -2.68. The van der Waals surface area contributed by atoms with Gasteiger partial charge in [-0.05, 0) is 35.7 Å².